The molecule has 1 heterocycles. The lowest BCUT2D eigenvalue weighted by molar-refractivity contribution is 0.289. The lowest BCUT2D eigenvalue weighted by Gasteiger charge is -2.10. The summed E-state index contributed by atoms with van der Waals surface area (Å²) in [6.07, 6.45) is 6.55. The maximum absolute atomic E-state index is 12.4. The zero-order chi connectivity index (χ0) is 18.7. The van der Waals surface area contributed by atoms with Crippen LogP contribution >= 0.6 is 0 Å². The van der Waals surface area contributed by atoms with E-state index in [1.807, 2.05) is 18.2 Å². The fraction of sp³-hybridized carbons (Fsp3) is 0.350. The van der Waals surface area contributed by atoms with Crippen LogP contribution < -0.4 is 5.56 Å². The topological polar surface area (TPSA) is 87.2 Å². The Morgan fingerprint density at radius 2 is 1.88 bits per heavy atom. The molecule has 138 valence electrons. The Labute approximate surface area is 153 Å². The SMILES string of the molecule is CS(=O)(=O)c1ccc(/C(=C\CCCO)c2ccc(C3CC3)c(=O)[nH]2)cc1. The van der Waals surface area contributed by atoms with Gasteiger partial charge in [-0.15, -0.1) is 0 Å². The number of sulfone groups is 1. The van der Waals surface area contributed by atoms with E-state index in [0.717, 1.165) is 29.5 Å². The molecular weight excluding hydrogens is 350 g/mol. The lowest BCUT2D eigenvalue weighted by Crippen LogP contribution is -2.13. The van der Waals surface area contributed by atoms with Crippen LogP contribution in [0, 0.1) is 0 Å². The Kier molecular flexibility index (Phi) is 5.44. The standard InChI is InChI=1S/C20H23NO4S/c1-26(24,25)16-9-7-14(8-10-16)17(4-2-3-13-22)19-12-11-18(15-5-6-15)20(23)21-19/h4,7-12,15,22H,2-3,5-6,13H2,1H3,(H,21,23)/b17-4+. The number of benzene rings is 1. The summed E-state index contributed by atoms with van der Waals surface area (Å²) in [6.45, 7) is 0.0912. The van der Waals surface area contributed by atoms with E-state index in [1.54, 1.807) is 24.3 Å². The number of hydrogen-bond acceptors (Lipinski definition) is 4. The van der Waals surface area contributed by atoms with Crippen LogP contribution in [0.2, 0.25) is 0 Å². The number of H-pyrrole nitrogens is 1. The summed E-state index contributed by atoms with van der Waals surface area (Å²) >= 11 is 0. The van der Waals surface area contributed by atoms with E-state index in [9.17, 15) is 13.2 Å². The summed E-state index contributed by atoms with van der Waals surface area (Å²) in [5, 5.41) is 9.04. The predicted octanol–water partition coefficient (Wildman–Crippen LogP) is 2.86. The second kappa shape index (κ2) is 7.60. The molecule has 1 aliphatic rings. The Bertz CT molecular complexity index is 968. The highest BCUT2D eigenvalue weighted by molar-refractivity contribution is 7.90. The Morgan fingerprint density at radius 1 is 1.19 bits per heavy atom. The van der Waals surface area contributed by atoms with E-state index in [-0.39, 0.29) is 17.1 Å². The zero-order valence-corrected chi connectivity index (χ0v) is 15.6. The number of aromatic nitrogens is 1. The molecule has 1 aromatic carbocycles. The molecule has 3 rings (SSSR count). The molecule has 0 amide bonds. The molecule has 1 saturated carbocycles. The first-order valence-electron chi connectivity index (χ1n) is 8.75. The molecule has 1 aromatic heterocycles. The Morgan fingerprint density at radius 3 is 2.42 bits per heavy atom. The molecule has 0 unspecified atom stereocenters. The summed E-state index contributed by atoms with van der Waals surface area (Å²) in [5.41, 5.74) is 3.12. The first kappa shape index (κ1) is 18.6. The first-order valence-corrected chi connectivity index (χ1v) is 10.6. The van der Waals surface area contributed by atoms with Crippen LogP contribution in [0.25, 0.3) is 5.57 Å². The van der Waals surface area contributed by atoms with E-state index in [0.29, 0.717) is 24.5 Å². The van der Waals surface area contributed by atoms with Gasteiger partial charge in [-0.25, -0.2) is 8.42 Å². The third kappa shape index (κ3) is 4.31. The number of pyridine rings is 1. The van der Waals surface area contributed by atoms with Gasteiger partial charge in [-0.2, -0.15) is 0 Å². The monoisotopic (exact) mass is 373 g/mol. The third-order valence-corrected chi connectivity index (χ3v) is 5.68. The average Bonchev–Trinajstić information content (AvgIpc) is 3.43. The Hall–Kier alpha value is -2.18. The molecular formula is C20H23NO4S. The molecule has 2 N–H and O–H groups in total. The molecule has 0 atom stereocenters. The molecule has 0 saturated heterocycles. The number of rotatable bonds is 7. The smallest absolute Gasteiger partial charge is 0.251 e. The van der Waals surface area contributed by atoms with Gasteiger partial charge in [-0.05, 0) is 55.4 Å². The van der Waals surface area contributed by atoms with Crippen LogP contribution in [-0.4, -0.2) is 31.4 Å². The van der Waals surface area contributed by atoms with Gasteiger partial charge in [-0.1, -0.05) is 24.3 Å². The quantitative estimate of drug-likeness (QED) is 0.731. The van der Waals surface area contributed by atoms with Gasteiger partial charge in [0, 0.05) is 29.7 Å². The molecule has 0 radical (unpaired) electrons. The van der Waals surface area contributed by atoms with Crippen molar-refractivity contribution in [2.24, 2.45) is 0 Å². The highest BCUT2D eigenvalue weighted by Gasteiger charge is 2.26. The number of unbranched alkanes of at least 4 members (excludes halogenated alkanes) is 1. The van der Waals surface area contributed by atoms with Crippen LogP contribution in [0.3, 0.4) is 0 Å². The molecule has 5 nitrogen and oxygen atoms in total. The van der Waals surface area contributed by atoms with Crippen LogP contribution in [0.5, 0.6) is 0 Å². The van der Waals surface area contributed by atoms with Crippen molar-refractivity contribution in [2.75, 3.05) is 12.9 Å². The van der Waals surface area contributed by atoms with Crippen molar-refractivity contribution in [1.82, 2.24) is 4.98 Å². The highest BCUT2D eigenvalue weighted by atomic mass is 32.2. The number of aliphatic hydroxyl groups is 1. The summed E-state index contributed by atoms with van der Waals surface area (Å²) in [6, 6.07) is 10.4. The summed E-state index contributed by atoms with van der Waals surface area (Å²) in [7, 11) is -3.26. The molecule has 6 heteroatoms. The molecule has 26 heavy (non-hydrogen) atoms. The van der Waals surface area contributed by atoms with Gasteiger partial charge in [0.25, 0.3) is 5.56 Å². The number of aromatic amines is 1. The van der Waals surface area contributed by atoms with Crippen molar-refractivity contribution in [3.63, 3.8) is 0 Å². The third-order valence-electron chi connectivity index (χ3n) is 4.55. The van der Waals surface area contributed by atoms with Gasteiger partial charge in [0.1, 0.15) is 0 Å². The van der Waals surface area contributed by atoms with Crippen molar-refractivity contribution in [3.05, 3.63) is 69.6 Å². The van der Waals surface area contributed by atoms with Gasteiger partial charge in [-0.3, -0.25) is 4.79 Å². The second-order valence-corrected chi connectivity index (χ2v) is 8.73. The fourth-order valence-electron chi connectivity index (χ4n) is 2.96. The summed E-state index contributed by atoms with van der Waals surface area (Å²) < 4.78 is 23.3. The van der Waals surface area contributed by atoms with E-state index >= 15 is 0 Å². The molecule has 2 aromatic rings. The van der Waals surface area contributed by atoms with Gasteiger partial charge < -0.3 is 10.1 Å². The fourth-order valence-corrected chi connectivity index (χ4v) is 3.59. The maximum atomic E-state index is 12.4. The molecule has 0 aliphatic heterocycles. The number of nitrogens with one attached hydrogen (secondary N) is 1. The average molecular weight is 373 g/mol. The van der Waals surface area contributed by atoms with Gasteiger partial charge in [0.2, 0.25) is 0 Å². The lowest BCUT2D eigenvalue weighted by atomic mass is 9.99. The zero-order valence-electron chi connectivity index (χ0n) is 14.7. The van der Waals surface area contributed by atoms with Gasteiger partial charge >= 0.3 is 0 Å². The number of allylic oxidation sites excluding steroid dienone is 1. The van der Waals surface area contributed by atoms with Crippen LogP contribution in [0.1, 0.15) is 48.4 Å². The van der Waals surface area contributed by atoms with Gasteiger partial charge in [0.15, 0.2) is 9.84 Å². The second-order valence-electron chi connectivity index (χ2n) is 6.71. The van der Waals surface area contributed by atoms with E-state index in [4.69, 9.17) is 5.11 Å². The summed E-state index contributed by atoms with van der Waals surface area (Å²) in [4.78, 5) is 15.6. The predicted molar refractivity (Wildman–Crippen MR) is 102 cm³/mol. The normalized spacial score (nSPS) is 15.2. The van der Waals surface area contributed by atoms with E-state index in [1.165, 1.54) is 6.26 Å². The van der Waals surface area contributed by atoms with E-state index in [2.05, 4.69) is 4.98 Å². The van der Waals surface area contributed by atoms with Crippen LogP contribution in [0.4, 0.5) is 0 Å². The largest absolute Gasteiger partial charge is 0.396 e. The van der Waals surface area contributed by atoms with Crippen molar-refractivity contribution in [3.8, 4) is 0 Å². The van der Waals surface area contributed by atoms with Crippen LogP contribution in [0.15, 0.2) is 52.2 Å². The van der Waals surface area contributed by atoms with Crippen molar-refractivity contribution in [2.45, 2.75) is 36.5 Å². The van der Waals surface area contributed by atoms with Gasteiger partial charge in [0.05, 0.1) is 4.90 Å². The minimum Gasteiger partial charge on any atom is -0.396 e. The first-order chi connectivity index (χ1) is 12.4. The minimum absolute atomic E-state index is 0.0641. The molecule has 1 aliphatic carbocycles. The van der Waals surface area contributed by atoms with Crippen LogP contribution in [-0.2, 0) is 9.84 Å². The summed E-state index contributed by atoms with van der Waals surface area (Å²) in [5.74, 6) is 0.378. The number of hydrogen-bond donors (Lipinski definition) is 2. The minimum atomic E-state index is -3.26. The maximum Gasteiger partial charge on any atom is 0.251 e. The van der Waals surface area contributed by atoms with Crippen molar-refractivity contribution in [1.29, 1.82) is 0 Å². The Balaban J connectivity index is 1.99. The molecule has 0 spiro atoms. The number of aliphatic hydroxyl groups excluding tert-OH is 1. The molecule has 1 fully saturated rings. The highest BCUT2D eigenvalue weighted by Crippen LogP contribution is 2.38. The van der Waals surface area contributed by atoms with Crippen molar-refractivity contribution < 1.29 is 13.5 Å². The molecule has 0 bridgehead atoms. The van der Waals surface area contributed by atoms with Crippen molar-refractivity contribution >= 4 is 15.4 Å². The van der Waals surface area contributed by atoms with E-state index < -0.39 is 9.84 Å².